The third-order valence-electron chi connectivity index (χ3n) is 2.47. The van der Waals surface area contributed by atoms with Crippen molar-refractivity contribution in [2.24, 2.45) is 10.9 Å². The third kappa shape index (κ3) is 3.30. The quantitative estimate of drug-likeness (QED) is 0.893. The van der Waals surface area contributed by atoms with E-state index in [1.54, 1.807) is 18.9 Å². The van der Waals surface area contributed by atoms with Crippen molar-refractivity contribution >= 4 is 34.2 Å². The van der Waals surface area contributed by atoms with Gasteiger partial charge in [0, 0.05) is 18.4 Å². The second-order valence-electron chi connectivity index (χ2n) is 4.03. The number of ether oxygens (including phenoxy) is 1. The third-order valence-corrected chi connectivity index (χ3v) is 4.04. The van der Waals surface area contributed by atoms with Gasteiger partial charge in [-0.2, -0.15) is 0 Å². The van der Waals surface area contributed by atoms with Crippen LogP contribution in [-0.4, -0.2) is 24.6 Å². The van der Waals surface area contributed by atoms with Crippen molar-refractivity contribution in [1.82, 2.24) is 0 Å². The Morgan fingerprint density at radius 1 is 1.53 bits per heavy atom. The average Bonchev–Trinajstić information content (AvgIpc) is 2.35. The number of methoxy groups -OCH3 is 1. The first-order valence-electron chi connectivity index (χ1n) is 5.47. The summed E-state index contributed by atoms with van der Waals surface area (Å²) >= 11 is 7.85. The summed E-state index contributed by atoms with van der Waals surface area (Å²) in [7, 11) is 1.64. The summed E-state index contributed by atoms with van der Waals surface area (Å²) in [4.78, 5) is 4.47. The van der Waals surface area contributed by atoms with E-state index in [1.807, 2.05) is 18.2 Å². The van der Waals surface area contributed by atoms with Crippen LogP contribution < -0.4 is 10.1 Å². The Kier molecular flexibility index (Phi) is 4.18. The average molecular weight is 271 g/mol. The first kappa shape index (κ1) is 12.6. The minimum atomic E-state index is 0.645. The first-order chi connectivity index (χ1) is 8.19. The van der Waals surface area contributed by atoms with Crippen LogP contribution >= 0.6 is 23.4 Å². The van der Waals surface area contributed by atoms with Crippen LogP contribution in [0.2, 0.25) is 5.02 Å². The first-order valence-corrected chi connectivity index (χ1v) is 6.83. The van der Waals surface area contributed by atoms with Gasteiger partial charge in [0.2, 0.25) is 0 Å². The fourth-order valence-corrected chi connectivity index (χ4v) is 2.54. The summed E-state index contributed by atoms with van der Waals surface area (Å²) in [6.07, 6.45) is 0. The van der Waals surface area contributed by atoms with Crippen molar-refractivity contribution in [2.45, 2.75) is 6.92 Å². The minimum Gasteiger partial charge on any atom is -0.497 e. The zero-order valence-corrected chi connectivity index (χ0v) is 11.4. The van der Waals surface area contributed by atoms with E-state index in [4.69, 9.17) is 16.3 Å². The van der Waals surface area contributed by atoms with Gasteiger partial charge in [-0.25, -0.2) is 0 Å². The van der Waals surface area contributed by atoms with Gasteiger partial charge in [0.25, 0.3) is 0 Å². The van der Waals surface area contributed by atoms with E-state index in [2.05, 4.69) is 17.2 Å². The Hall–Kier alpha value is -0.870. The molecule has 0 bridgehead atoms. The molecule has 92 valence electrons. The molecule has 0 fully saturated rings. The van der Waals surface area contributed by atoms with Crippen LogP contribution in [0, 0.1) is 5.92 Å². The largest absolute Gasteiger partial charge is 0.497 e. The second kappa shape index (κ2) is 5.65. The van der Waals surface area contributed by atoms with E-state index >= 15 is 0 Å². The molecule has 1 unspecified atom stereocenters. The molecule has 0 saturated carbocycles. The van der Waals surface area contributed by atoms with Crippen LogP contribution in [0.25, 0.3) is 0 Å². The molecule has 0 aliphatic carbocycles. The van der Waals surface area contributed by atoms with Gasteiger partial charge in [-0.05, 0) is 18.1 Å². The number of amidine groups is 1. The molecule has 17 heavy (non-hydrogen) atoms. The van der Waals surface area contributed by atoms with Gasteiger partial charge in [-0.1, -0.05) is 30.3 Å². The van der Waals surface area contributed by atoms with Crippen molar-refractivity contribution in [2.75, 3.05) is 24.7 Å². The normalized spacial score (nSPS) is 19.7. The lowest BCUT2D eigenvalue weighted by molar-refractivity contribution is 0.415. The SMILES string of the molecule is COc1ccc(Cl)c(NC2=NCC(C)CS2)c1. The van der Waals surface area contributed by atoms with Crippen LogP contribution in [0.5, 0.6) is 5.75 Å². The van der Waals surface area contributed by atoms with Gasteiger partial charge in [0.15, 0.2) is 5.17 Å². The maximum absolute atomic E-state index is 6.12. The van der Waals surface area contributed by atoms with Crippen molar-refractivity contribution in [3.8, 4) is 5.75 Å². The molecule has 3 nitrogen and oxygen atoms in total. The number of rotatable bonds is 2. The fraction of sp³-hybridized carbons (Fsp3) is 0.417. The van der Waals surface area contributed by atoms with Crippen molar-refractivity contribution in [3.63, 3.8) is 0 Å². The van der Waals surface area contributed by atoms with Gasteiger partial charge >= 0.3 is 0 Å². The van der Waals surface area contributed by atoms with Crippen LogP contribution in [0.3, 0.4) is 0 Å². The van der Waals surface area contributed by atoms with Gasteiger partial charge in [0.05, 0.1) is 17.8 Å². The van der Waals surface area contributed by atoms with Gasteiger partial charge in [-0.15, -0.1) is 0 Å². The monoisotopic (exact) mass is 270 g/mol. The highest BCUT2D eigenvalue weighted by molar-refractivity contribution is 8.14. The van der Waals surface area contributed by atoms with Crippen LogP contribution in [0.4, 0.5) is 5.69 Å². The van der Waals surface area contributed by atoms with E-state index in [-0.39, 0.29) is 0 Å². The molecule has 1 aromatic carbocycles. The van der Waals surface area contributed by atoms with Crippen LogP contribution in [-0.2, 0) is 0 Å². The highest BCUT2D eigenvalue weighted by atomic mass is 35.5. The Balaban J connectivity index is 2.12. The molecule has 0 aromatic heterocycles. The molecule has 1 aromatic rings. The van der Waals surface area contributed by atoms with Crippen LogP contribution in [0.1, 0.15) is 6.92 Å². The summed E-state index contributed by atoms with van der Waals surface area (Å²) in [5.41, 5.74) is 0.840. The van der Waals surface area contributed by atoms with Crippen LogP contribution in [0.15, 0.2) is 23.2 Å². The molecule has 0 spiro atoms. The molecular weight excluding hydrogens is 256 g/mol. The number of nitrogens with zero attached hydrogens (tertiary/aromatic N) is 1. The number of hydrogen-bond donors (Lipinski definition) is 1. The maximum Gasteiger partial charge on any atom is 0.161 e. The molecule has 1 N–H and O–H groups in total. The lowest BCUT2D eigenvalue weighted by Crippen LogP contribution is -2.18. The highest BCUT2D eigenvalue weighted by Crippen LogP contribution is 2.28. The Labute approximate surface area is 111 Å². The topological polar surface area (TPSA) is 33.6 Å². The molecule has 1 atom stereocenters. The number of nitrogens with one attached hydrogen (secondary N) is 1. The molecule has 0 saturated heterocycles. The second-order valence-corrected chi connectivity index (χ2v) is 5.45. The van der Waals surface area contributed by atoms with Crippen molar-refractivity contribution in [1.29, 1.82) is 0 Å². The Bertz CT molecular complexity index is 437. The summed E-state index contributed by atoms with van der Waals surface area (Å²) < 4.78 is 5.17. The lowest BCUT2D eigenvalue weighted by atomic mass is 10.2. The molecular formula is C12H15ClN2OS. The van der Waals surface area contributed by atoms with E-state index < -0.39 is 0 Å². The number of benzene rings is 1. The summed E-state index contributed by atoms with van der Waals surface area (Å²) in [6, 6.07) is 5.54. The molecule has 0 radical (unpaired) electrons. The predicted molar refractivity (Wildman–Crippen MR) is 75.6 cm³/mol. The number of anilines is 1. The van der Waals surface area contributed by atoms with Gasteiger partial charge in [-0.3, -0.25) is 4.99 Å². The zero-order chi connectivity index (χ0) is 12.3. The summed E-state index contributed by atoms with van der Waals surface area (Å²) in [6.45, 7) is 3.07. The molecule has 2 rings (SSSR count). The van der Waals surface area contributed by atoms with Gasteiger partial charge in [0.1, 0.15) is 5.75 Å². The predicted octanol–water partition coefficient (Wildman–Crippen LogP) is 3.50. The fourth-order valence-electron chi connectivity index (χ4n) is 1.48. The number of aliphatic imine (C=N–C) groups is 1. The molecule has 5 heteroatoms. The van der Waals surface area contributed by atoms with E-state index in [0.29, 0.717) is 10.9 Å². The van der Waals surface area contributed by atoms with E-state index in [0.717, 1.165) is 28.9 Å². The van der Waals surface area contributed by atoms with Crippen molar-refractivity contribution in [3.05, 3.63) is 23.2 Å². The number of halogens is 1. The lowest BCUT2D eigenvalue weighted by Gasteiger charge is -2.18. The molecule has 0 amide bonds. The smallest absolute Gasteiger partial charge is 0.161 e. The Morgan fingerprint density at radius 2 is 2.35 bits per heavy atom. The van der Waals surface area contributed by atoms with E-state index in [1.165, 1.54) is 0 Å². The minimum absolute atomic E-state index is 0.645. The number of thioether (sulfide) groups is 1. The Morgan fingerprint density at radius 3 is 3.00 bits per heavy atom. The highest BCUT2D eigenvalue weighted by Gasteiger charge is 2.13. The maximum atomic E-state index is 6.12. The standard InChI is InChI=1S/C12H15ClN2OS/c1-8-6-14-12(17-7-8)15-11-5-9(16-2)3-4-10(11)13/h3-5,8H,6-7H2,1-2H3,(H,14,15). The van der Waals surface area contributed by atoms with Crippen molar-refractivity contribution < 1.29 is 4.74 Å². The molecule has 1 aliphatic heterocycles. The molecule has 1 aliphatic rings. The van der Waals surface area contributed by atoms with Gasteiger partial charge < -0.3 is 10.1 Å². The summed E-state index contributed by atoms with van der Waals surface area (Å²) in [5.74, 6) is 2.52. The van der Waals surface area contributed by atoms with E-state index in [9.17, 15) is 0 Å². The number of hydrogen-bond acceptors (Lipinski definition) is 4. The zero-order valence-electron chi connectivity index (χ0n) is 9.87. The summed E-state index contributed by atoms with van der Waals surface area (Å²) in [5, 5.41) is 4.85. The molecule has 1 heterocycles.